The molecule has 0 unspecified atom stereocenters. The lowest BCUT2D eigenvalue weighted by Gasteiger charge is -2.57. The van der Waals surface area contributed by atoms with Gasteiger partial charge in [-0.2, -0.15) is 0 Å². The van der Waals surface area contributed by atoms with Gasteiger partial charge in [0, 0.05) is 50.9 Å². The van der Waals surface area contributed by atoms with Crippen LogP contribution in [0, 0.1) is 53.3 Å². The van der Waals surface area contributed by atoms with Crippen molar-refractivity contribution in [1.82, 2.24) is 0 Å². The van der Waals surface area contributed by atoms with Crippen LogP contribution in [0.25, 0.3) is 21.5 Å². The number of fused-ring (bicyclic) bond motifs is 2. The molecule has 11 aromatic rings. The van der Waals surface area contributed by atoms with Gasteiger partial charge >= 0.3 is 0 Å². The molecule has 0 aliphatic heterocycles. The number of nitrogens with zero attached hydrogens (tertiary/aromatic N) is 3. The number of anilines is 9. The Morgan fingerprint density at radius 1 is 0.204 bits per heavy atom. The highest BCUT2D eigenvalue weighted by Crippen LogP contribution is 2.64. The first-order chi connectivity index (χ1) is 55.7. The summed E-state index contributed by atoms with van der Waals surface area (Å²) in [5, 5.41) is 5.19. The second kappa shape index (κ2) is 30.8. The molecule has 15 fully saturated rings. The second-order valence-electron chi connectivity index (χ2n) is 39.4. The molecule has 0 N–H and O–H groups in total. The minimum atomic E-state index is 0.444. The Kier molecular flexibility index (Phi) is 19.7. The van der Waals surface area contributed by atoms with Crippen LogP contribution in [-0.4, -0.2) is 0 Å². The minimum Gasteiger partial charge on any atom is -0.311 e. The van der Waals surface area contributed by atoms with Gasteiger partial charge in [0.05, 0.1) is 5.69 Å². The number of benzene rings is 11. The summed E-state index contributed by atoms with van der Waals surface area (Å²) in [6, 6.07) is 100. The maximum Gasteiger partial charge on any atom is 0.0540 e. The predicted octanol–water partition coefficient (Wildman–Crippen LogP) is 31.3. The van der Waals surface area contributed by atoms with Crippen LogP contribution < -0.4 is 14.7 Å². The molecular weight excluding hydrogens is 1360 g/mol. The van der Waals surface area contributed by atoms with Gasteiger partial charge in [0.15, 0.2) is 0 Å². The fourth-order valence-electron chi connectivity index (χ4n) is 27.9. The van der Waals surface area contributed by atoms with Gasteiger partial charge < -0.3 is 14.7 Å². The topological polar surface area (TPSA) is 9.72 Å². The Balaban J connectivity index is 0.000000107. The van der Waals surface area contributed by atoms with E-state index in [1.54, 1.807) is 16.7 Å². The van der Waals surface area contributed by atoms with Crippen molar-refractivity contribution in [2.24, 2.45) is 53.3 Å². The van der Waals surface area contributed by atoms with Crippen molar-refractivity contribution in [3.8, 4) is 0 Å². The first-order valence-electron chi connectivity index (χ1n) is 45.8. The summed E-state index contributed by atoms with van der Waals surface area (Å²) < 4.78 is 0. The van der Waals surface area contributed by atoms with Crippen LogP contribution >= 0.6 is 0 Å². The van der Waals surface area contributed by atoms with E-state index in [2.05, 4.69) is 276 Å². The molecule has 0 amide bonds. The van der Waals surface area contributed by atoms with Crippen LogP contribution in [0.5, 0.6) is 0 Å². The lowest BCUT2D eigenvalue weighted by molar-refractivity contribution is -0.00530. The third kappa shape index (κ3) is 14.4. The summed E-state index contributed by atoms with van der Waals surface area (Å²) in [7, 11) is 0. The Bertz CT molecular complexity index is 4950. The molecule has 0 atom stereocenters. The van der Waals surface area contributed by atoms with E-state index in [9.17, 15) is 0 Å². The highest BCUT2D eigenvalue weighted by atomic mass is 15.2. The van der Waals surface area contributed by atoms with Crippen molar-refractivity contribution >= 4 is 72.7 Å². The molecule has 26 rings (SSSR count). The molecule has 0 heterocycles. The average molecular weight is 1490 g/mol. The summed E-state index contributed by atoms with van der Waals surface area (Å²) in [5.41, 5.74) is 22.1. The third-order valence-electron chi connectivity index (χ3n) is 32.0. The molecule has 0 saturated heterocycles. The van der Waals surface area contributed by atoms with Crippen LogP contribution in [-0.2, 0) is 16.2 Å². The monoisotopic (exact) mass is 1480 g/mol. The number of rotatable bonds is 15. The maximum absolute atomic E-state index is 2.50. The van der Waals surface area contributed by atoms with Gasteiger partial charge in [-0.05, 0) is 394 Å². The van der Waals surface area contributed by atoms with Crippen molar-refractivity contribution in [2.75, 3.05) is 14.7 Å². The molecule has 0 aromatic heterocycles. The SMILES string of the molecule is c1ccc(N(c2ccc(C3CCCCC3)cc2)c2ccc(C34CC5CC(CC(C5)C3)C4)cc2)cc1.c1ccc2c(N(c3ccc(C4CCCCC4)cc3)c3ccc(C45CC6CC(CC(C6)C4)C5)cc3)cccc2c1.c1ccc2cc(N(c3ccc(C4CCCCC4)cc3)c3ccc(C45CC6CC(CC(C6)C4)C5)cc3)ccc2c1. The van der Waals surface area contributed by atoms with Gasteiger partial charge in [0.25, 0.3) is 0 Å². The van der Waals surface area contributed by atoms with Gasteiger partial charge in [-0.3, -0.25) is 0 Å². The molecule has 11 aromatic carbocycles. The van der Waals surface area contributed by atoms with E-state index in [-0.39, 0.29) is 0 Å². The van der Waals surface area contributed by atoms with Crippen LogP contribution in [0.2, 0.25) is 0 Å². The lowest BCUT2D eigenvalue weighted by atomic mass is 9.48. The fourth-order valence-corrected chi connectivity index (χ4v) is 27.9. The molecule has 3 nitrogen and oxygen atoms in total. The van der Waals surface area contributed by atoms with E-state index < -0.39 is 0 Å². The minimum absolute atomic E-state index is 0.444. The van der Waals surface area contributed by atoms with Crippen LogP contribution in [0.3, 0.4) is 0 Å². The summed E-state index contributed by atoms with van der Waals surface area (Å²) in [6.07, 6.45) is 47.0. The zero-order chi connectivity index (χ0) is 74.9. The Morgan fingerprint density at radius 3 is 0.841 bits per heavy atom. The van der Waals surface area contributed by atoms with Crippen LogP contribution in [0.15, 0.2) is 261 Å². The fraction of sp³-hybridized carbons (Fsp3) is 0.436. The van der Waals surface area contributed by atoms with Crippen LogP contribution in [0.1, 0.15) is 263 Å². The average Bonchev–Trinajstić information content (AvgIpc) is 0.741. The van der Waals surface area contributed by atoms with E-state index >= 15 is 0 Å². The first-order valence-corrected chi connectivity index (χ1v) is 45.8. The standard InChI is InChI=1S/2C38H41N.C34H39N/c1-2-7-30(8-3-1)31-13-17-34(18-14-31)39(37-12-6-10-32-9-4-5-11-36(32)37)35-19-15-33(16-20-35)38-24-27-21-28(25-38)23-29(22-27)26-38;1-2-6-30(7-3-1)32-10-15-35(16-11-32)39(37-17-12-31-8-4-5-9-33(31)23-37)36-18-13-34(14-19-36)38-24-27-20-28(25-38)22-29(21-27)26-38;1-3-7-28(8-4-1)29-11-15-32(16-12-29)35(31-9-5-2-6-10-31)33-17-13-30(14-18-33)34-22-25-19-26(23-34)21-27(20-25)24-34/h4-6,9-20,27-30H,1-3,7-8,21-26H2;4-5,8-19,23,27-30H,1-3,6-7,20-22,24-26H2;2,5-6,9-18,25-28H,1,3-4,7-8,19-24H2. The molecular formula is C110H121N3. The van der Waals surface area contributed by atoms with Gasteiger partial charge in [-0.15, -0.1) is 0 Å². The van der Waals surface area contributed by atoms with Gasteiger partial charge in [-0.25, -0.2) is 0 Å². The molecule has 0 radical (unpaired) electrons. The third-order valence-corrected chi connectivity index (χ3v) is 32.0. The van der Waals surface area contributed by atoms with Crippen molar-refractivity contribution in [1.29, 1.82) is 0 Å². The van der Waals surface area contributed by atoms with E-state index in [0.717, 1.165) is 71.0 Å². The predicted molar refractivity (Wildman–Crippen MR) is 475 cm³/mol. The Hall–Kier alpha value is -8.66. The maximum atomic E-state index is 2.50. The molecule has 15 aliphatic rings. The summed E-state index contributed by atoms with van der Waals surface area (Å²) in [5.74, 6) is 11.1. The van der Waals surface area contributed by atoms with Crippen molar-refractivity contribution in [3.05, 3.63) is 294 Å². The Morgan fingerprint density at radius 2 is 0.478 bits per heavy atom. The van der Waals surface area contributed by atoms with E-state index in [4.69, 9.17) is 0 Å². The van der Waals surface area contributed by atoms with E-state index in [1.807, 2.05) is 0 Å². The molecule has 15 aliphatic carbocycles. The molecule has 113 heavy (non-hydrogen) atoms. The summed E-state index contributed by atoms with van der Waals surface area (Å²) in [6.45, 7) is 0. The summed E-state index contributed by atoms with van der Waals surface area (Å²) in [4.78, 5) is 7.41. The van der Waals surface area contributed by atoms with Gasteiger partial charge in [0.2, 0.25) is 0 Å². The molecule has 576 valence electrons. The first kappa shape index (κ1) is 72.1. The Labute approximate surface area is 676 Å². The van der Waals surface area contributed by atoms with E-state index in [0.29, 0.717) is 16.2 Å². The summed E-state index contributed by atoms with van der Waals surface area (Å²) >= 11 is 0. The zero-order valence-corrected chi connectivity index (χ0v) is 67.4. The number of para-hydroxylation sites is 1. The zero-order valence-electron chi connectivity index (χ0n) is 67.4. The molecule has 15 saturated carbocycles. The molecule has 12 bridgehead atoms. The lowest BCUT2D eigenvalue weighted by Crippen LogP contribution is -2.48. The molecule has 0 spiro atoms. The largest absolute Gasteiger partial charge is 0.311 e. The molecule has 3 heteroatoms. The van der Waals surface area contributed by atoms with E-state index in [1.165, 1.54) is 301 Å². The highest BCUT2D eigenvalue weighted by molar-refractivity contribution is 5.99. The highest BCUT2D eigenvalue weighted by Gasteiger charge is 2.54. The van der Waals surface area contributed by atoms with Gasteiger partial charge in [-0.1, -0.05) is 216 Å². The normalized spacial score (nSPS) is 28.7. The van der Waals surface area contributed by atoms with Crippen molar-refractivity contribution < 1.29 is 0 Å². The van der Waals surface area contributed by atoms with Crippen molar-refractivity contribution in [2.45, 2.75) is 246 Å². The van der Waals surface area contributed by atoms with Gasteiger partial charge in [0.1, 0.15) is 0 Å². The quantitative estimate of drug-likeness (QED) is 0.101. The second-order valence-corrected chi connectivity index (χ2v) is 39.4. The number of hydrogen-bond donors (Lipinski definition) is 0. The van der Waals surface area contributed by atoms with Crippen LogP contribution in [0.4, 0.5) is 51.2 Å². The smallest absolute Gasteiger partial charge is 0.0540 e. The van der Waals surface area contributed by atoms with Crippen molar-refractivity contribution in [3.63, 3.8) is 0 Å². The number of hydrogen-bond acceptors (Lipinski definition) is 3.